The number of aliphatic hydroxyl groups is 1. The number of hydrogen-bond donors (Lipinski definition) is 2. The van der Waals surface area contributed by atoms with E-state index in [-0.39, 0.29) is 25.3 Å². The van der Waals surface area contributed by atoms with E-state index in [1.165, 1.54) is 24.5 Å². The molecule has 2 aromatic carbocycles. The molecule has 0 saturated heterocycles. The number of benzene rings is 2. The number of non-ortho nitro benzene ring substituents is 1. The first-order valence-electron chi connectivity index (χ1n) is 10.2. The number of hydrogen-bond acceptors (Lipinski definition) is 8. The van der Waals surface area contributed by atoms with E-state index in [9.17, 15) is 20.0 Å². The minimum absolute atomic E-state index is 0.0976. The highest BCUT2D eigenvalue weighted by molar-refractivity contribution is 5.49. The van der Waals surface area contributed by atoms with Crippen LogP contribution in [0.15, 0.2) is 60.6 Å². The minimum Gasteiger partial charge on any atom is -0.497 e. The Bertz CT molecular complexity index is 976. The molecule has 1 heterocycles. The highest BCUT2D eigenvalue weighted by atomic mass is 16.6. The van der Waals surface area contributed by atoms with Crippen molar-refractivity contribution in [1.82, 2.24) is 5.32 Å². The van der Waals surface area contributed by atoms with Crippen LogP contribution in [0.3, 0.4) is 0 Å². The average molecular weight is 442 g/mol. The van der Waals surface area contributed by atoms with E-state index < -0.39 is 22.7 Å². The first-order valence-corrected chi connectivity index (χ1v) is 10.2. The van der Waals surface area contributed by atoms with Crippen LogP contribution in [0, 0.1) is 10.1 Å². The van der Waals surface area contributed by atoms with Crippen molar-refractivity contribution in [2.45, 2.75) is 38.0 Å². The summed E-state index contributed by atoms with van der Waals surface area (Å²) in [4.78, 5) is 21.3. The number of rotatable bonds is 10. The third kappa shape index (κ3) is 5.63. The molecule has 9 nitrogen and oxygen atoms in total. The Morgan fingerprint density at radius 2 is 2.03 bits per heavy atom. The maximum absolute atomic E-state index is 11.3. The molecule has 0 radical (unpaired) electrons. The van der Waals surface area contributed by atoms with Crippen molar-refractivity contribution in [3.05, 3.63) is 76.2 Å². The zero-order valence-corrected chi connectivity index (χ0v) is 17.9. The number of fused-ring (bicyclic) bond motifs is 1. The van der Waals surface area contributed by atoms with Gasteiger partial charge in [0.25, 0.3) is 5.69 Å². The number of nitro groups is 1. The smallest absolute Gasteiger partial charge is 0.270 e. The Labute approximate surface area is 185 Å². The van der Waals surface area contributed by atoms with Crippen LogP contribution in [0.4, 0.5) is 5.69 Å². The Kier molecular flexibility index (Phi) is 7.45. The van der Waals surface area contributed by atoms with Crippen molar-refractivity contribution in [3.8, 4) is 11.5 Å². The number of nitro benzene ring substituents is 1. The Balaban J connectivity index is 1.84. The second-order valence-corrected chi connectivity index (χ2v) is 7.81. The molecule has 9 heteroatoms. The van der Waals surface area contributed by atoms with Gasteiger partial charge in [0.05, 0.1) is 24.1 Å². The summed E-state index contributed by atoms with van der Waals surface area (Å²) in [6.07, 6.45) is 1.42. The van der Waals surface area contributed by atoms with Crippen LogP contribution in [0.1, 0.15) is 31.9 Å². The van der Waals surface area contributed by atoms with Gasteiger partial charge in [0.2, 0.25) is 0 Å². The molecule has 1 aliphatic heterocycles. The number of ether oxygens (including phenoxy) is 3. The second kappa shape index (κ2) is 10.3. The van der Waals surface area contributed by atoms with E-state index in [4.69, 9.17) is 14.2 Å². The molecule has 0 spiro atoms. The van der Waals surface area contributed by atoms with E-state index in [1.807, 2.05) is 18.2 Å². The van der Waals surface area contributed by atoms with Crippen LogP contribution in [0.2, 0.25) is 0 Å². The predicted octanol–water partition coefficient (Wildman–Crippen LogP) is 3.28. The highest BCUT2D eigenvalue weighted by Crippen LogP contribution is 2.41. The van der Waals surface area contributed by atoms with Crippen LogP contribution in [0.5, 0.6) is 11.5 Å². The quantitative estimate of drug-likeness (QED) is 0.189. The van der Waals surface area contributed by atoms with Gasteiger partial charge in [-0.25, -0.2) is 0 Å². The minimum atomic E-state index is -0.994. The van der Waals surface area contributed by atoms with E-state index in [2.05, 4.69) is 5.32 Å². The number of aldehydes is 1. The zero-order valence-electron chi connectivity index (χ0n) is 17.9. The molecule has 0 saturated carbocycles. The van der Waals surface area contributed by atoms with Gasteiger partial charge in [0, 0.05) is 24.1 Å². The van der Waals surface area contributed by atoms with Gasteiger partial charge in [-0.3, -0.25) is 10.1 Å². The molecule has 0 amide bonds. The van der Waals surface area contributed by atoms with Crippen molar-refractivity contribution in [2.75, 3.05) is 13.2 Å². The van der Waals surface area contributed by atoms with Crippen molar-refractivity contribution in [1.29, 1.82) is 0 Å². The largest absolute Gasteiger partial charge is 0.497 e. The lowest BCUT2D eigenvalue weighted by Gasteiger charge is -2.42. The molecule has 0 bridgehead atoms. The van der Waals surface area contributed by atoms with Crippen LogP contribution in [-0.2, 0) is 9.53 Å². The fraction of sp³-hybridized carbons (Fsp3) is 0.348. The van der Waals surface area contributed by atoms with Gasteiger partial charge in [0.1, 0.15) is 35.8 Å². The first-order chi connectivity index (χ1) is 15.3. The SMILES string of the molecule is CC1(C)Oc2ccc([N+](=O)[O-])cc2C(NC/C(=C/OCCC=O)Oc2ccccc2)C1O. The Hall–Kier alpha value is -3.43. The molecule has 2 N–H and O–H groups in total. The molecule has 2 atom stereocenters. The predicted molar refractivity (Wildman–Crippen MR) is 116 cm³/mol. The number of para-hydroxylation sites is 1. The molecule has 32 heavy (non-hydrogen) atoms. The zero-order chi connectivity index (χ0) is 23.1. The van der Waals surface area contributed by atoms with Gasteiger partial charge in [-0.05, 0) is 32.0 Å². The van der Waals surface area contributed by atoms with Gasteiger partial charge in [-0.1, -0.05) is 18.2 Å². The summed E-state index contributed by atoms with van der Waals surface area (Å²) >= 11 is 0. The fourth-order valence-corrected chi connectivity index (χ4v) is 3.34. The average Bonchev–Trinajstić information content (AvgIpc) is 2.77. The van der Waals surface area contributed by atoms with Gasteiger partial charge < -0.3 is 29.4 Å². The van der Waals surface area contributed by atoms with E-state index in [0.29, 0.717) is 22.8 Å². The third-order valence-electron chi connectivity index (χ3n) is 5.00. The van der Waals surface area contributed by atoms with E-state index in [1.54, 1.807) is 26.0 Å². The monoisotopic (exact) mass is 442 g/mol. The maximum Gasteiger partial charge on any atom is 0.270 e. The molecule has 2 unspecified atom stereocenters. The summed E-state index contributed by atoms with van der Waals surface area (Å²) in [5.41, 5.74) is -0.544. The summed E-state index contributed by atoms with van der Waals surface area (Å²) in [5.74, 6) is 1.45. The summed E-state index contributed by atoms with van der Waals surface area (Å²) in [5, 5.41) is 25.4. The highest BCUT2D eigenvalue weighted by Gasteiger charge is 2.43. The summed E-state index contributed by atoms with van der Waals surface area (Å²) < 4.78 is 17.2. The number of nitrogens with one attached hydrogen (secondary N) is 1. The summed E-state index contributed by atoms with van der Waals surface area (Å²) in [6.45, 7) is 3.84. The third-order valence-corrected chi connectivity index (χ3v) is 5.00. The summed E-state index contributed by atoms with van der Waals surface area (Å²) in [7, 11) is 0. The molecule has 3 rings (SSSR count). The normalized spacial score (nSPS) is 19.4. The fourth-order valence-electron chi connectivity index (χ4n) is 3.34. The van der Waals surface area contributed by atoms with Crippen LogP contribution in [0.25, 0.3) is 0 Å². The number of carbonyl (C=O) groups is 1. The van der Waals surface area contributed by atoms with Gasteiger partial charge in [-0.2, -0.15) is 0 Å². The molecule has 0 aliphatic carbocycles. The molecule has 0 aromatic heterocycles. The maximum atomic E-state index is 11.3. The molecular weight excluding hydrogens is 416 g/mol. The molecule has 1 aliphatic rings. The van der Waals surface area contributed by atoms with Crippen molar-refractivity contribution in [3.63, 3.8) is 0 Å². The van der Waals surface area contributed by atoms with Crippen molar-refractivity contribution in [2.24, 2.45) is 0 Å². The molecule has 0 fully saturated rings. The topological polar surface area (TPSA) is 120 Å². The molecule has 2 aromatic rings. The van der Waals surface area contributed by atoms with Crippen LogP contribution < -0.4 is 14.8 Å². The van der Waals surface area contributed by atoms with Crippen LogP contribution >= 0.6 is 0 Å². The first kappa shape index (κ1) is 23.2. The lowest BCUT2D eigenvalue weighted by atomic mass is 9.86. The molecular formula is C23H26N2O7. The lowest BCUT2D eigenvalue weighted by Crippen LogP contribution is -2.52. The Morgan fingerprint density at radius 3 is 2.72 bits per heavy atom. The van der Waals surface area contributed by atoms with E-state index in [0.717, 1.165) is 6.29 Å². The van der Waals surface area contributed by atoms with E-state index >= 15 is 0 Å². The number of aliphatic hydroxyl groups excluding tert-OH is 1. The number of carbonyl (C=O) groups excluding carboxylic acids is 1. The van der Waals surface area contributed by atoms with Crippen molar-refractivity contribution >= 4 is 12.0 Å². The second-order valence-electron chi connectivity index (χ2n) is 7.81. The van der Waals surface area contributed by atoms with Crippen LogP contribution in [-0.4, -0.2) is 41.2 Å². The lowest BCUT2D eigenvalue weighted by molar-refractivity contribution is -0.385. The standard InChI is InChI=1S/C23H26N2O7/c1-23(2)22(27)21(19-13-16(25(28)29)9-10-20(19)32-23)24-14-18(15-30-12-6-11-26)31-17-7-4-3-5-8-17/h3-5,7-11,13,15,21-22,24,27H,6,12,14H2,1-2H3/b18-15-. The van der Waals surface area contributed by atoms with Crippen molar-refractivity contribution < 1.29 is 29.0 Å². The van der Waals surface area contributed by atoms with Gasteiger partial charge in [-0.15, -0.1) is 0 Å². The van der Waals surface area contributed by atoms with Gasteiger partial charge in [0.15, 0.2) is 5.76 Å². The van der Waals surface area contributed by atoms with Gasteiger partial charge >= 0.3 is 0 Å². The number of nitrogens with zero attached hydrogens (tertiary/aromatic N) is 1. The summed E-state index contributed by atoms with van der Waals surface area (Å²) in [6, 6.07) is 12.7. The molecule has 170 valence electrons. The Morgan fingerprint density at radius 1 is 1.28 bits per heavy atom.